The van der Waals surface area contributed by atoms with Crippen molar-refractivity contribution in [3.05, 3.63) is 107 Å². The van der Waals surface area contributed by atoms with E-state index in [0.29, 0.717) is 19.3 Å². The van der Waals surface area contributed by atoms with E-state index in [1.165, 1.54) is 5.56 Å². The van der Waals surface area contributed by atoms with Gasteiger partial charge >= 0.3 is 0 Å². The van der Waals surface area contributed by atoms with E-state index in [-0.39, 0.29) is 11.7 Å². The minimum Gasteiger partial charge on any atom is -0.295 e. The number of allylic oxidation sites excluding steroid dienone is 4. The lowest BCUT2D eigenvalue weighted by Crippen LogP contribution is -2.07. The molecule has 0 radical (unpaired) electrons. The van der Waals surface area contributed by atoms with Crippen molar-refractivity contribution < 1.29 is 4.79 Å². The SMILES string of the molecule is C[C@@H](CC(=O)C1=CC=C(c2ccnc(Cc3ccncc3)n2)C1)c1ccccc1. The fourth-order valence-electron chi connectivity index (χ4n) is 3.55. The van der Waals surface area contributed by atoms with E-state index in [4.69, 9.17) is 4.98 Å². The van der Waals surface area contributed by atoms with Crippen molar-refractivity contribution in [3.8, 4) is 0 Å². The Labute approximate surface area is 171 Å². The topological polar surface area (TPSA) is 55.7 Å². The molecule has 1 aliphatic carbocycles. The Bertz CT molecular complexity index is 1060. The van der Waals surface area contributed by atoms with Gasteiger partial charge in [0.2, 0.25) is 0 Å². The van der Waals surface area contributed by atoms with Gasteiger partial charge in [-0.3, -0.25) is 9.78 Å². The number of nitrogens with zero attached hydrogens (tertiary/aromatic N) is 3. The van der Waals surface area contributed by atoms with Crippen LogP contribution in [0.25, 0.3) is 5.57 Å². The number of Topliss-reactive ketones (excluding diaryl/α,β-unsaturated/α-hetero) is 1. The van der Waals surface area contributed by atoms with Crippen LogP contribution in [0.1, 0.15) is 48.3 Å². The van der Waals surface area contributed by atoms with E-state index in [2.05, 4.69) is 29.0 Å². The Morgan fingerprint density at radius 2 is 1.79 bits per heavy atom. The molecule has 0 spiro atoms. The Morgan fingerprint density at radius 1 is 1.00 bits per heavy atom. The highest BCUT2D eigenvalue weighted by Crippen LogP contribution is 2.30. The Hall–Kier alpha value is -3.40. The second kappa shape index (κ2) is 8.74. The number of aromatic nitrogens is 3. The molecular formula is C25H23N3O. The van der Waals surface area contributed by atoms with Crippen LogP contribution in [-0.2, 0) is 11.2 Å². The first-order valence-corrected chi connectivity index (χ1v) is 9.88. The number of ketones is 1. The molecule has 0 saturated carbocycles. The maximum absolute atomic E-state index is 12.8. The summed E-state index contributed by atoms with van der Waals surface area (Å²) in [6.45, 7) is 2.10. The summed E-state index contributed by atoms with van der Waals surface area (Å²) < 4.78 is 0. The van der Waals surface area contributed by atoms with E-state index < -0.39 is 0 Å². The molecule has 4 heteroatoms. The van der Waals surface area contributed by atoms with Crippen molar-refractivity contribution in [3.63, 3.8) is 0 Å². The number of carbonyl (C=O) groups excluding carboxylic acids is 1. The molecule has 1 aliphatic rings. The van der Waals surface area contributed by atoms with Crippen molar-refractivity contribution in [2.24, 2.45) is 0 Å². The first kappa shape index (κ1) is 18.9. The van der Waals surface area contributed by atoms with Gasteiger partial charge in [0.05, 0.1) is 5.69 Å². The molecule has 0 bridgehead atoms. The maximum Gasteiger partial charge on any atom is 0.159 e. The Balaban J connectivity index is 1.39. The molecule has 4 rings (SSSR count). The lowest BCUT2D eigenvalue weighted by atomic mass is 9.92. The smallest absolute Gasteiger partial charge is 0.159 e. The predicted molar refractivity (Wildman–Crippen MR) is 114 cm³/mol. The van der Waals surface area contributed by atoms with Crippen LogP contribution in [0, 0.1) is 0 Å². The highest BCUT2D eigenvalue weighted by atomic mass is 16.1. The van der Waals surface area contributed by atoms with Crippen LogP contribution in [0.3, 0.4) is 0 Å². The van der Waals surface area contributed by atoms with Crippen LogP contribution >= 0.6 is 0 Å². The summed E-state index contributed by atoms with van der Waals surface area (Å²) in [4.78, 5) is 25.9. The van der Waals surface area contributed by atoms with E-state index in [0.717, 1.165) is 28.2 Å². The lowest BCUT2D eigenvalue weighted by Gasteiger charge is -2.12. The second-order valence-corrected chi connectivity index (χ2v) is 7.39. The molecule has 0 amide bonds. The number of carbonyl (C=O) groups is 1. The van der Waals surface area contributed by atoms with Crippen LogP contribution in [0.15, 0.2) is 84.8 Å². The van der Waals surface area contributed by atoms with E-state index in [1.54, 1.807) is 18.6 Å². The van der Waals surface area contributed by atoms with Gasteiger partial charge in [-0.1, -0.05) is 49.4 Å². The molecule has 4 nitrogen and oxygen atoms in total. The van der Waals surface area contributed by atoms with Crippen LogP contribution in [0.5, 0.6) is 0 Å². The lowest BCUT2D eigenvalue weighted by molar-refractivity contribution is -0.115. The fraction of sp³-hybridized carbons (Fsp3) is 0.200. The monoisotopic (exact) mass is 381 g/mol. The summed E-state index contributed by atoms with van der Waals surface area (Å²) in [6, 6.07) is 16.0. The molecule has 1 atom stereocenters. The second-order valence-electron chi connectivity index (χ2n) is 7.39. The average molecular weight is 381 g/mol. The van der Waals surface area contributed by atoms with E-state index >= 15 is 0 Å². The zero-order valence-corrected chi connectivity index (χ0v) is 16.5. The average Bonchev–Trinajstić information content (AvgIpc) is 3.26. The van der Waals surface area contributed by atoms with Crippen molar-refractivity contribution >= 4 is 11.4 Å². The third-order valence-corrected chi connectivity index (χ3v) is 5.23. The predicted octanol–water partition coefficient (Wildman–Crippen LogP) is 4.94. The zero-order valence-electron chi connectivity index (χ0n) is 16.5. The maximum atomic E-state index is 12.8. The number of benzene rings is 1. The summed E-state index contributed by atoms with van der Waals surface area (Å²) in [7, 11) is 0. The zero-order chi connectivity index (χ0) is 20.1. The third kappa shape index (κ3) is 4.72. The molecule has 2 aromatic heterocycles. The quantitative estimate of drug-likeness (QED) is 0.582. The van der Waals surface area contributed by atoms with Crippen molar-refractivity contribution in [1.29, 1.82) is 0 Å². The first-order valence-electron chi connectivity index (χ1n) is 9.88. The van der Waals surface area contributed by atoms with Crippen LogP contribution in [-0.4, -0.2) is 20.7 Å². The molecule has 144 valence electrons. The fourth-order valence-corrected chi connectivity index (χ4v) is 3.55. The normalized spacial score (nSPS) is 14.2. The van der Waals surface area contributed by atoms with Gasteiger partial charge < -0.3 is 0 Å². The van der Waals surface area contributed by atoms with Gasteiger partial charge in [-0.05, 0) is 46.4 Å². The van der Waals surface area contributed by atoms with Crippen LogP contribution < -0.4 is 0 Å². The largest absolute Gasteiger partial charge is 0.295 e. The number of hydrogen-bond acceptors (Lipinski definition) is 4. The van der Waals surface area contributed by atoms with Gasteiger partial charge in [0.1, 0.15) is 5.82 Å². The summed E-state index contributed by atoms with van der Waals surface area (Å²) in [5.41, 5.74) is 5.14. The minimum atomic E-state index is 0.207. The summed E-state index contributed by atoms with van der Waals surface area (Å²) in [5, 5.41) is 0. The highest BCUT2D eigenvalue weighted by molar-refractivity contribution is 6.00. The van der Waals surface area contributed by atoms with Crippen LogP contribution in [0.4, 0.5) is 0 Å². The molecule has 1 aromatic carbocycles. The summed E-state index contributed by atoms with van der Waals surface area (Å²) >= 11 is 0. The van der Waals surface area contributed by atoms with Gasteiger partial charge in [0.25, 0.3) is 0 Å². The molecule has 29 heavy (non-hydrogen) atoms. The Morgan fingerprint density at radius 3 is 2.59 bits per heavy atom. The van der Waals surface area contributed by atoms with Gasteiger partial charge in [0, 0.05) is 37.9 Å². The molecule has 0 unspecified atom stereocenters. The molecule has 0 N–H and O–H groups in total. The van der Waals surface area contributed by atoms with E-state index in [1.807, 2.05) is 48.6 Å². The van der Waals surface area contributed by atoms with Gasteiger partial charge in [0.15, 0.2) is 5.78 Å². The van der Waals surface area contributed by atoms with Gasteiger partial charge in [-0.25, -0.2) is 9.97 Å². The summed E-state index contributed by atoms with van der Waals surface area (Å²) in [5.74, 6) is 1.19. The minimum absolute atomic E-state index is 0.207. The number of hydrogen-bond donors (Lipinski definition) is 0. The van der Waals surface area contributed by atoms with Gasteiger partial charge in [-0.15, -0.1) is 0 Å². The van der Waals surface area contributed by atoms with Crippen LogP contribution in [0.2, 0.25) is 0 Å². The van der Waals surface area contributed by atoms with Crippen molar-refractivity contribution in [2.75, 3.05) is 0 Å². The molecule has 0 fully saturated rings. The first-order chi connectivity index (χ1) is 14.2. The van der Waals surface area contributed by atoms with Crippen molar-refractivity contribution in [2.45, 2.75) is 32.1 Å². The highest BCUT2D eigenvalue weighted by Gasteiger charge is 2.20. The molecule has 2 heterocycles. The molecule has 0 aliphatic heterocycles. The molecular weight excluding hydrogens is 358 g/mol. The van der Waals surface area contributed by atoms with E-state index in [9.17, 15) is 4.79 Å². The van der Waals surface area contributed by atoms with Crippen molar-refractivity contribution in [1.82, 2.24) is 15.0 Å². The Kier molecular flexibility index (Phi) is 5.71. The molecule has 0 saturated heterocycles. The summed E-state index contributed by atoms with van der Waals surface area (Å²) in [6.07, 6.45) is 11.1. The number of rotatable bonds is 7. The third-order valence-electron chi connectivity index (χ3n) is 5.23. The standard InChI is InChI=1S/C25H23N3O/c1-18(20-5-3-2-4-6-20)15-24(29)22-8-7-21(17-22)23-11-14-27-25(28-23)16-19-9-12-26-13-10-19/h2-14,18H,15-17H2,1H3/t18-/m0/s1. The van der Waals surface area contributed by atoms with Gasteiger partial charge in [-0.2, -0.15) is 0 Å². The molecule has 3 aromatic rings. The number of pyridine rings is 1.